The van der Waals surface area contributed by atoms with Crippen LogP contribution in [0.5, 0.6) is 0 Å². The van der Waals surface area contributed by atoms with Gasteiger partial charge in [-0.05, 0) is 12.8 Å². The van der Waals surface area contributed by atoms with Gasteiger partial charge in [-0.25, -0.2) is 4.57 Å². The zero-order chi connectivity index (χ0) is 12.3. The maximum atomic E-state index is 12.0. The van der Waals surface area contributed by atoms with Crippen LogP contribution < -0.4 is 0 Å². The summed E-state index contributed by atoms with van der Waals surface area (Å²) in [6.07, 6.45) is 1.49. The Kier molecular flexibility index (Phi) is 12.4. The van der Waals surface area contributed by atoms with Crippen LogP contribution in [0.25, 0.3) is 0 Å². The van der Waals surface area contributed by atoms with Crippen LogP contribution >= 0.6 is 51.3 Å². The summed E-state index contributed by atoms with van der Waals surface area (Å²) < 4.78 is 27.2. The molecule has 0 aromatic heterocycles. The number of hydrogen-bond donors (Lipinski definition) is 0. The third kappa shape index (κ3) is 9.40. The molecule has 4 nitrogen and oxygen atoms in total. The fourth-order valence-corrected chi connectivity index (χ4v) is 2.61. The Hall–Kier alpha value is 1.36. The molecule has 0 aliphatic heterocycles. The van der Waals surface area contributed by atoms with E-state index in [1.54, 1.807) is 0 Å². The molecule has 0 atom stereocenters. The molecule has 0 amide bonds. The molecule has 0 aliphatic rings. The predicted molar refractivity (Wildman–Crippen MR) is 73.0 cm³/mol. The first-order valence-electron chi connectivity index (χ1n) is 4.90. The molecule has 0 aliphatic carbocycles. The largest absolute Gasteiger partial charge is 0.474 e. The maximum Gasteiger partial charge on any atom is 0.474 e. The van der Waals surface area contributed by atoms with Crippen LogP contribution in [-0.2, 0) is 18.1 Å². The molecule has 8 heteroatoms. The Morgan fingerprint density at radius 2 is 1.38 bits per heavy atom. The van der Waals surface area contributed by atoms with Crippen LogP contribution in [0, 0.1) is 0 Å². The van der Waals surface area contributed by atoms with E-state index in [9.17, 15) is 4.57 Å². The standard InChI is InChI=1S/C8H16Br2ClO4P/c9-3-1-6-13-16(12,15-8-5-11)14-7-2-4-10/h1-8H2. The van der Waals surface area contributed by atoms with Gasteiger partial charge in [0, 0.05) is 16.5 Å². The minimum absolute atomic E-state index is 0.154. The van der Waals surface area contributed by atoms with Gasteiger partial charge in [-0.15, -0.1) is 11.6 Å². The van der Waals surface area contributed by atoms with Crippen LogP contribution in [0.15, 0.2) is 0 Å². The van der Waals surface area contributed by atoms with Gasteiger partial charge in [-0.2, -0.15) is 0 Å². The lowest BCUT2D eigenvalue weighted by Crippen LogP contribution is -2.05. The summed E-state index contributed by atoms with van der Waals surface area (Å²) in [5.74, 6) is 0.258. The Balaban J connectivity index is 3.97. The van der Waals surface area contributed by atoms with Gasteiger partial charge in [-0.3, -0.25) is 13.6 Å². The van der Waals surface area contributed by atoms with E-state index in [1.165, 1.54) is 0 Å². The highest BCUT2D eigenvalue weighted by Crippen LogP contribution is 2.49. The van der Waals surface area contributed by atoms with E-state index in [1.807, 2.05) is 0 Å². The summed E-state index contributed by atoms with van der Waals surface area (Å²) in [6, 6.07) is 0. The Morgan fingerprint density at radius 1 is 0.938 bits per heavy atom. The smallest absolute Gasteiger partial charge is 0.287 e. The van der Waals surface area contributed by atoms with Crippen molar-refractivity contribution < 1.29 is 18.1 Å². The summed E-state index contributed by atoms with van der Waals surface area (Å²) in [5, 5.41) is 1.56. The van der Waals surface area contributed by atoms with Crippen LogP contribution in [0.2, 0.25) is 0 Å². The van der Waals surface area contributed by atoms with Gasteiger partial charge in [0.1, 0.15) is 0 Å². The first-order chi connectivity index (χ1) is 7.68. The lowest BCUT2D eigenvalue weighted by molar-refractivity contribution is 0.118. The Morgan fingerprint density at radius 3 is 1.75 bits per heavy atom. The number of phosphoric acid groups is 1. The van der Waals surface area contributed by atoms with E-state index in [0.29, 0.717) is 13.2 Å². The molecular formula is C8H16Br2ClO4P. The Labute approximate surface area is 118 Å². The fourth-order valence-electron chi connectivity index (χ4n) is 0.720. The summed E-state index contributed by atoms with van der Waals surface area (Å²) >= 11 is 12.0. The monoisotopic (exact) mass is 400 g/mol. The molecule has 0 spiro atoms. The van der Waals surface area contributed by atoms with Gasteiger partial charge >= 0.3 is 7.82 Å². The molecule has 0 heterocycles. The first kappa shape index (κ1) is 17.4. The van der Waals surface area contributed by atoms with Gasteiger partial charge in [0.25, 0.3) is 0 Å². The second kappa shape index (κ2) is 11.5. The van der Waals surface area contributed by atoms with E-state index in [0.717, 1.165) is 23.5 Å². The molecule has 0 rings (SSSR count). The highest BCUT2D eigenvalue weighted by Gasteiger charge is 2.25. The van der Waals surface area contributed by atoms with Gasteiger partial charge in [0.05, 0.1) is 19.8 Å². The molecule has 0 bridgehead atoms. The number of phosphoric ester groups is 1. The van der Waals surface area contributed by atoms with Crippen molar-refractivity contribution in [2.45, 2.75) is 12.8 Å². The lowest BCUT2D eigenvalue weighted by atomic mass is 10.5. The van der Waals surface area contributed by atoms with Crippen molar-refractivity contribution in [3.63, 3.8) is 0 Å². The molecule has 0 aromatic rings. The molecule has 0 aromatic carbocycles. The summed E-state index contributed by atoms with van der Waals surface area (Å²) in [7, 11) is -3.42. The van der Waals surface area contributed by atoms with Crippen molar-refractivity contribution >= 4 is 51.3 Å². The second-order valence-corrected chi connectivity index (χ2v) is 6.35. The number of hydrogen-bond acceptors (Lipinski definition) is 4. The lowest BCUT2D eigenvalue weighted by Gasteiger charge is -2.17. The third-order valence-corrected chi connectivity index (χ3v) is 4.15. The average molecular weight is 402 g/mol. The quantitative estimate of drug-likeness (QED) is 0.298. The molecule has 0 radical (unpaired) electrons. The molecule has 0 unspecified atom stereocenters. The molecule has 0 N–H and O–H groups in total. The SMILES string of the molecule is O=P(OCCCl)(OCCCBr)OCCCBr. The Bertz CT molecular complexity index is 194. The number of alkyl halides is 3. The minimum Gasteiger partial charge on any atom is -0.287 e. The predicted octanol–water partition coefficient (Wildman–Crippen LogP) is 3.95. The zero-order valence-corrected chi connectivity index (χ0v) is 13.7. The minimum atomic E-state index is -3.42. The summed E-state index contributed by atoms with van der Waals surface area (Å²) in [5.41, 5.74) is 0. The normalized spacial score (nSPS) is 11.9. The van der Waals surface area contributed by atoms with Crippen LogP contribution in [0.3, 0.4) is 0 Å². The fraction of sp³-hybridized carbons (Fsp3) is 1.00. The van der Waals surface area contributed by atoms with E-state index < -0.39 is 7.82 Å². The van der Waals surface area contributed by atoms with Crippen LogP contribution in [0.4, 0.5) is 0 Å². The second-order valence-electron chi connectivity index (χ2n) is 2.72. The van der Waals surface area contributed by atoms with Gasteiger partial charge in [0.2, 0.25) is 0 Å². The van der Waals surface area contributed by atoms with Crippen molar-refractivity contribution in [2.75, 3.05) is 36.4 Å². The van der Waals surface area contributed by atoms with Crippen molar-refractivity contribution in [3.05, 3.63) is 0 Å². The average Bonchev–Trinajstić information content (AvgIpc) is 2.27. The van der Waals surface area contributed by atoms with Gasteiger partial charge < -0.3 is 0 Å². The van der Waals surface area contributed by atoms with Crippen LogP contribution in [0.1, 0.15) is 12.8 Å². The summed E-state index contributed by atoms with van der Waals surface area (Å²) in [6.45, 7) is 0.819. The van der Waals surface area contributed by atoms with Gasteiger partial charge in [-0.1, -0.05) is 31.9 Å². The number of halogens is 3. The van der Waals surface area contributed by atoms with Crippen LogP contribution in [-0.4, -0.2) is 36.4 Å². The van der Waals surface area contributed by atoms with Crippen molar-refractivity contribution in [2.24, 2.45) is 0 Å². The van der Waals surface area contributed by atoms with E-state index in [4.69, 9.17) is 25.2 Å². The topological polar surface area (TPSA) is 44.8 Å². The summed E-state index contributed by atoms with van der Waals surface area (Å²) in [4.78, 5) is 0. The highest BCUT2D eigenvalue weighted by atomic mass is 79.9. The number of rotatable bonds is 11. The van der Waals surface area contributed by atoms with Gasteiger partial charge in [0.15, 0.2) is 0 Å². The van der Waals surface area contributed by atoms with E-state index in [-0.39, 0.29) is 12.5 Å². The first-order valence-corrected chi connectivity index (χ1v) is 9.14. The van der Waals surface area contributed by atoms with E-state index >= 15 is 0 Å². The van der Waals surface area contributed by atoms with Crippen molar-refractivity contribution in [1.82, 2.24) is 0 Å². The molecule has 16 heavy (non-hydrogen) atoms. The molecule has 0 saturated carbocycles. The molecule has 0 saturated heterocycles. The molecule has 98 valence electrons. The highest BCUT2D eigenvalue weighted by molar-refractivity contribution is 9.09. The molecule has 0 fully saturated rings. The van der Waals surface area contributed by atoms with Crippen molar-refractivity contribution in [1.29, 1.82) is 0 Å². The maximum absolute atomic E-state index is 12.0. The molecular weight excluding hydrogens is 386 g/mol. The third-order valence-electron chi connectivity index (χ3n) is 1.38. The zero-order valence-electron chi connectivity index (χ0n) is 8.87. The van der Waals surface area contributed by atoms with Crippen molar-refractivity contribution in [3.8, 4) is 0 Å². The van der Waals surface area contributed by atoms with E-state index in [2.05, 4.69) is 31.9 Å².